The summed E-state index contributed by atoms with van der Waals surface area (Å²) in [6.45, 7) is 1.32. The molecule has 2 aliphatic rings. The van der Waals surface area contributed by atoms with Crippen molar-refractivity contribution in [1.82, 2.24) is 10.2 Å². The molecule has 0 aromatic carbocycles. The smallest absolute Gasteiger partial charge is 0.0120 e. The first-order chi connectivity index (χ1) is 4.81. The van der Waals surface area contributed by atoms with E-state index in [4.69, 9.17) is 0 Å². The SMILES string of the molecule is CNC1CC2CC1CN2C. The van der Waals surface area contributed by atoms with Gasteiger partial charge in [-0.05, 0) is 32.9 Å². The van der Waals surface area contributed by atoms with Crippen LogP contribution in [0.3, 0.4) is 0 Å². The number of fused-ring (bicyclic) bond motifs is 2. The summed E-state index contributed by atoms with van der Waals surface area (Å²) in [5, 5.41) is 3.39. The van der Waals surface area contributed by atoms with Gasteiger partial charge in [0.15, 0.2) is 0 Å². The molecule has 58 valence electrons. The summed E-state index contributed by atoms with van der Waals surface area (Å²) < 4.78 is 0. The van der Waals surface area contributed by atoms with Gasteiger partial charge >= 0.3 is 0 Å². The van der Waals surface area contributed by atoms with Gasteiger partial charge in [0, 0.05) is 18.6 Å². The average molecular weight is 140 g/mol. The largest absolute Gasteiger partial charge is 0.317 e. The lowest BCUT2D eigenvalue weighted by Gasteiger charge is -2.27. The monoisotopic (exact) mass is 140 g/mol. The molecule has 1 aliphatic heterocycles. The van der Waals surface area contributed by atoms with Crippen molar-refractivity contribution < 1.29 is 0 Å². The molecule has 2 nitrogen and oxygen atoms in total. The quantitative estimate of drug-likeness (QED) is 0.563. The standard InChI is InChI=1S/C8H16N2/c1-9-8-4-7-3-6(8)5-10(7)2/h6-9H,3-5H2,1-2H3. The number of rotatable bonds is 1. The van der Waals surface area contributed by atoms with Gasteiger partial charge in [-0.2, -0.15) is 0 Å². The molecule has 2 rings (SSSR count). The molecule has 1 heterocycles. The van der Waals surface area contributed by atoms with Crippen molar-refractivity contribution in [2.45, 2.75) is 24.9 Å². The van der Waals surface area contributed by atoms with Crippen LogP contribution in [0.2, 0.25) is 0 Å². The number of piperidine rings is 1. The fourth-order valence-corrected chi connectivity index (χ4v) is 2.53. The third kappa shape index (κ3) is 0.789. The molecular formula is C8H16N2. The van der Waals surface area contributed by atoms with E-state index in [0.29, 0.717) is 0 Å². The zero-order chi connectivity index (χ0) is 7.14. The van der Waals surface area contributed by atoms with Crippen LogP contribution >= 0.6 is 0 Å². The number of nitrogens with zero attached hydrogens (tertiary/aromatic N) is 1. The maximum atomic E-state index is 3.39. The summed E-state index contributed by atoms with van der Waals surface area (Å²) in [6.07, 6.45) is 2.81. The predicted octanol–water partition coefficient (Wildman–Crippen LogP) is 0.298. The molecule has 3 atom stereocenters. The molecule has 1 saturated carbocycles. The lowest BCUT2D eigenvalue weighted by molar-refractivity contribution is 0.229. The average Bonchev–Trinajstić information content (AvgIpc) is 2.44. The minimum atomic E-state index is 0.821. The second-order valence-electron chi connectivity index (χ2n) is 3.72. The van der Waals surface area contributed by atoms with Crippen LogP contribution in [0.15, 0.2) is 0 Å². The maximum absolute atomic E-state index is 3.39. The Hall–Kier alpha value is -0.0800. The van der Waals surface area contributed by atoms with Crippen LogP contribution < -0.4 is 5.32 Å². The predicted molar refractivity (Wildman–Crippen MR) is 42.0 cm³/mol. The van der Waals surface area contributed by atoms with Crippen molar-refractivity contribution in [3.8, 4) is 0 Å². The lowest BCUT2D eigenvalue weighted by atomic mass is 10.0. The molecule has 3 unspecified atom stereocenters. The van der Waals surface area contributed by atoms with Crippen molar-refractivity contribution in [2.75, 3.05) is 20.6 Å². The third-order valence-corrected chi connectivity index (χ3v) is 3.19. The molecule has 2 fully saturated rings. The number of nitrogens with one attached hydrogen (secondary N) is 1. The van der Waals surface area contributed by atoms with E-state index in [9.17, 15) is 0 Å². The van der Waals surface area contributed by atoms with Gasteiger partial charge in [0.2, 0.25) is 0 Å². The van der Waals surface area contributed by atoms with Gasteiger partial charge in [-0.1, -0.05) is 0 Å². The van der Waals surface area contributed by atoms with E-state index >= 15 is 0 Å². The zero-order valence-electron chi connectivity index (χ0n) is 6.80. The van der Waals surface area contributed by atoms with Crippen LogP contribution in [0.1, 0.15) is 12.8 Å². The van der Waals surface area contributed by atoms with Crippen molar-refractivity contribution in [3.05, 3.63) is 0 Å². The van der Waals surface area contributed by atoms with Crippen LogP contribution in [0.25, 0.3) is 0 Å². The van der Waals surface area contributed by atoms with Crippen molar-refractivity contribution in [1.29, 1.82) is 0 Å². The van der Waals surface area contributed by atoms with E-state index in [1.54, 1.807) is 0 Å². The fourth-order valence-electron chi connectivity index (χ4n) is 2.53. The van der Waals surface area contributed by atoms with Gasteiger partial charge in [0.25, 0.3) is 0 Å². The van der Waals surface area contributed by atoms with E-state index < -0.39 is 0 Å². The zero-order valence-corrected chi connectivity index (χ0v) is 6.80. The topological polar surface area (TPSA) is 15.3 Å². The molecule has 1 N–H and O–H groups in total. The first kappa shape index (κ1) is 6.62. The van der Waals surface area contributed by atoms with E-state index in [1.165, 1.54) is 19.4 Å². The van der Waals surface area contributed by atoms with Crippen LogP contribution in [-0.2, 0) is 0 Å². The second-order valence-corrected chi connectivity index (χ2v) is 3.72. The van der Waals surface area contributed by atoms with Crippen LogP contribution in [-0.4, -0.2) is 37.6 Å². The van der Waals surface area contributed by atoms with Crippen LogP contribution in [0.4, 0.5) is 0 Å². The first-order valence-electron chi connectivity index (χ1n) is 4.18. The molecule has 1 aliphatic carbocycles. The number of hydrogen-bond acceptors (Lipinski definition) is 2. The molecule has 10 heavy (non-hydrogen) atoms. The summed E-state index contributed by atoms with van der Waals surface area (Å²) in [7, 11) is 4.34. The minimum Gasteiger partial charge on any atom is -0.317 e. The molecule has 0 radical (unpaired) electrons. The van der Waals surface area contributed by atoms with Gasteiger partial charge in [0.05, 0.1) is 0 Å². The normalized spacial score (nSPS) is 46.8. The molecule has 0 amide bonds. The summed E-state index contributed by atoms with van der Waals surface area (Å²) in [5.41, 5.74) is 0. The Morgan fingerprint density at radius 1 is 1.40 bits per heavy atom. The van der Waals surface area contributed by atoms with E-state index in [1.807, 2.05) is 0 Å². The Balaban J connectivity index is 2.02. The van der Waals surface area contributed by atoms with E-state index in [-0.39, 0.29) is 0 Å². The lowest BCUT2D eigenvalue weighted by Crippen LogP contribution is -2.40. The molecular weight excluding hydrogens is 124 g/mol. The fraction of sp³-hybridized carbons (Fsp3) is 1.00. The van der Waals surface area contributed by atoms with Gasteiger partial charge < -0.3 is 10.2 Å². The molecule has 1 saturated heterocycles. The second kappa shape index (κ2) is 2.21. The summed E-state index contributed by atoms with van der Waals surface area (Å²) in [4.78, 5) is 2.50. The maximum Gasteiger partial charge on any atom is 0.0120 e. The first-order valence-corrected chi connectivity index (χ1v) is 4.18. The third-order valence-electron chi connectivity index (χ3n) is 3.19. The highest BCUT2D eigenvalue weighted by atomic mass is 15.2. The van der Waals surface area contributed by atoms with Gasteiger partial charge in [-0.25, -0.2) is 0 Å². The number of hydrogen-bond donors (Lipinski definition) is 1. The minimum absolute atomic E-state index is 0.821. The van der Waals surface area contributed by atoms with Crippen LogP contribution in [0, 0.1) is 5.92 Å². The van der Waals surface area contributed by atoms with Gasteiger partial charge in [0.1, 0.15) is 0 Å². The highest BCUT2D eigenvalue weighted by molar-refractivity contribution is 4.98. The Bertz CT molecular complexity index is 133. The molecule has 2 bridgehead atoms. The Morgan fingerprint density at radius 3 is 2.60 bits per heavy atom. The van der Waals surface area contributed by atoms with E-state index in [0.717, 1.165) is 18.0 Å². The van der Waals surface area contributed by atoms with Crippen molar-refractivity contribution in [2.24, 2.45) is 5.92 Å². The Labute approximate surface area is 62.6 Å². The van der Waals surface area contributed by atoms with Gasteiger partial charge in [-0.15, -0.1) is 0 Å². The van der Waals surface area contributed by atoms with Crippen molar-refractivity contribution in [3.63, 3.8) is 0 Å². The van der Waals surface area contributed by atoms with Crippen LogP contribution in [0.5, 0.6) is 0 Å². The Morgan fingerprint density at radius 2 is 2.20 bits per heavy atom. The summed E-state index contributed by atoms with van der Waals surface area (Å²) in [6, 6.07) is 1.71. The molecule has 0 aromatic rings. The summed E-state index contributed by atoms with van der Waals surface area (Å²) >= 11 is 0. The molecule has 0 spiro atoms. The Kier molecular flexibility index (Phi) is 1.46. The molecule has 0 aromatic heterocycles. The van der Waals surface area contributed by atoms with Gasteiger partial charge in [-0.3, -0.25) is 0 Å². The highest BCUT2D eigenvalue weighted by Crippen LogP contribution is 2.36. The number of likely N-dealkylation sites (tertiary alicyclic amines) is 1. The molecule has 2 heteroatoms. The highest BCUT2D eigenvalue weighted by Gasteiger charge is 2.41. The summed E-state index contributed by atoms with van der Waals surface area (Å²) in [5.74, 6) is 0.944. The van der Waals surface area contributed by atoms with E-state index in [2.05, 4.69) is 24.3 Å². The van der Waals surface area contributed by atoms with Crippen molar-refractivity contribution >= 4 is 0 Å².